The van der Waals surface area contributed by atoms with Crippen molar-refractivity contribution in [2.75, 3.05) is 12.8 Å². The molecule has 1 atom stereocenters. The van der Waals surface area contributed by atoms with E-state index >= 15 is 0 Å². The zero-order valence-electron chi connectivity index (χ0n) is 13.3. The highest BCUT2D eigenvalue weighted by molar-refractivity contribution is 8.00. The molecule has 0 heterocycles. The van der Waals surface area contributed by atoms with Gasteiger partial charge in [-0.3, -0.25) is 0 Å². The van der Waals surface area contributed by atoms with Gasteiger partial charge in [-0.15, -0.1) is 0 Å². The van der Waals surface area contributed by atoms with Gasteiger partial charge in [-0.1, -0.05) is 44.4 Å². The minimum atomic E-state index is 0.269. The SMILES string of the molecule is CSC1(CNC2c3cc(Cl)ccc3CC2(C)C)CCCC1. The normalized spacial score (nSPS) is 26.0. The predicted molar refractivity (Wildman–Crippen MR) is 94.4 cm³/mol. The van der Waals surface area contributed by atoms with E-state index in [0.717, 1.165) is 18.0 Å². The number of rotatable bonds is 4. The van der Waals surface area contributed by atoms with E-state index in [1.54, 1.807) is 0 Å². The molecule has 0 amide bonds. The number of halogens is 1. The van der Waals surface area contributed by atoms with E-state index in [-0.39, 0.29) is 5.41 Å². The van der Waals surface area contributed by atoms with Crippen molar-refractivity contribution in [1.29, 1.82) is 0 Å². The highest BCUT2D eigenvalue weighted by Gasteiger charge is 2.41. The summed E-state index contributed by atoms with van der Waals surface area (Å²) in [5.74, 6) is 0. The van der Waals surface area contributed by atoms with E-state index in [0.29, 0.717) is 10.8 Å². The number of benzene rings is 1. The van der Waals surface area contributed by atoms with Crippen LogP contribution in [0.3, 0.4) is 0 Å². The number of fused-ring (bicyclic) bond motifs is 1. The van der Waals surface area contributed by atoms with Crippen molar-refractivity contribution in [2.45, 2.75) is 56.7 Å². The Hall–Kier alpha value is -0.180. The lowest BCUT2D eigenvalue weighted by Crippen LogP contribution is -2.40. The molecular weight excluding hydrogens is 298 g/mol. The Labute approximate surface area is 138 Å². The second-order valence-electron chi connectivity index (χ2n) is 7.42. The Morgan fingerprint density at radius 1 is 1.29 bits per heavy atom. The van der Waals surface area contributed by atoms with Crippen molar-refractivity contribution < 1.29 is 0 Å². The lowest BCUT2D eigenvalue weighted by atomic mass is 9.85. The molecule has 0 aliphatic heterocycles. The van der Waals surface area contributed by atoms with E-state index in [2.05, 4.69) is 49.3 Å². The van der Waals surface area contributed by atoms with Crippen LogP contribution < -0.4 is 5.32 Å². The second-order valence-corrected chi connectivity index (χ2v) is 9.13. The molecular formula is C18H26ClNS. The maximum Gasteiger partial charge on any atom is 0.0409 e. The average Bonchev–Trinajstić information content (AvgIpc) is 2.99. The molecule has 0 saturated heterocycles. The third-order valence-electron chi connectivity index (χ3n) is 5.42. The van der Waals surface area contributed by atoms with Crippen LogP contribution in [0.15, 0.2) is 18.2 Å². The fourth-order valence-electron chi connectivity index (χ4n) is 4.16. The van der Waals surface area contributed by atoms with Gasteiger partial charge in [-0.05, 0) is 54.2 Å². The molecule has 21 heavy (non-hydrogen) atoms. The van der Waals surface area contributed by atoms with Gasteiger partial charge in [0.2, 0.25) is 0 Å². The molecule has 1 aromatic carbocycles. The van der Waals surface area contributed by atoms with Gasteiger partial charge in [0.1, 0.15) is 0 Å². The highest BCUT2D eigenvalue weighted by Crippen LogP contribution is 2.47. The molecule has 116 valence electrons. The maximum atomic E-state index is 6.23. The molecule has 1 nitrogen and oxygen atoms in total. The molecule has 0 aromatic heterocycles. The van der Waals surface area contributed by atoms with Gasteiger partial charge < -0.3 is 5.32 Å². The van der Waals surface area contributed by atoms with Crippen molar-refractivity contribution in [2.24, 2.45) is 5.41 Å². The Kier molecular flexibility index (Phi) is 4.33. The molecule has 0 spiro atoms. The fourth-order valence-corrected chi connectivity index (χ4v) is 5.26. The third-order valence-corrected chi connectivity index (χ3v) is 7.08. The summed E-state index contributed by atoms with van der Waals surface area (Å²) in [4.78, 5) is 0. The van der Waals surface area contributed by atoms with Crippen molar-refractivity contribution in [3.63, 3.8) is 0 Å². The smallest absolute Gasteiger partial charge is 0.0409 e. The first-order valence-corrected chi connectivity index (χ1v) is 9.63. The number of thioether (sulfide) groups is 1. The monoisotopic (exact) mass is 323 g/mol. The Morgan fingerprint density at radius 2 is 2.00 bits per heavy atom. The maximum absolute atomic E-state index is 6.23. The molecule has 1 N–H and O–H groups in total. The molecule has 3 rings (SSSR count). The summed E-state index contributed by atoms with van der Waals surface area (Å²) in [5.41, 5.74) is 3.15. The Bertz CT molecular complexity index is 520. The van der Waals surface area contributed by atoms with Crippen LogP contribution >= 0.6 is 23.4 Å². The number of hydrogen-bond donors (Lipinski definition) is 1. The van der Waals surface area contributed by atoms with Crippen LogP contribution in [-0.2, 0) is 6.42 Å². The van der Waals surface area contributed by atoms with Gasteiger partial charge >= 0.3 is 0 Å². The standard InChI is InChI=1S/C18H26ClNS/c1-17(2)11-13-6-7-14(19)10-15(13)16(17)20-12-18(21-3)8-4-5-9-18/h6-7,10,16,20H,4-5,8-9,11-12H2,1-3H3. The van der Waals surface area contributed by atoms with Gasteiger partial charge in [0.25, 0.3) is 0 Å². The molecule has 1 saturated carbocycles. The van der Waals surface area contributed by atoms with Crippen molar-refractivity contribution in [1.82, 2.24) is 5.32 Å². The summed E-state index contributed by atoms with van der Waals surface area (Å²) in [6.07, 6.45) is 8.91. The summed E-state index contributed by atoms with van der Waals surface area (Å²) in [6.45, 7) is 5.87. The quantitative estimate of drug-likeness (QED) is 0.814. The summed E-state index contributed by atoms with van der Waals surface area (Å²) in [5, 5.41) is 4.77. The van der Waals surface area contributed by atoms with Gasteiger partial charge in [0.15, 0.2) is 0 Å². The lowest BCUT2D eigenvalue weighted by molar-refractivity contribution is 0.262. The molecule has 2 aliphatic carbocycles. The van der Waals surface area contributed by atoms with Crippen molar-refractivity contribution in [3.8, 4) is 0 Å². The second kappa shape index (κ2) is 5.79. The van der Waals surface area contributed by atoms with Gasteiger partial charge in [-0.2, -0.15) is 11.8 Å². The average molecular weight is 324 g/mol. The molecule has 0 radical (unpaired) electrons. The van der Waals surface area contributed by atoms with E-state index < -0.39 is 0 Å². The summed E-state index contributed by atoms with van der Waals surface area (Å²) in [7, 11) is 0. The topological polar surface area (TPSA) is 12.0 Å². The Balaban J connectivity index is 1.79. The lowest BCUT2D eigenvalue weighted by Gasteiger charge is -2.34. The summed E-state index contributed by atoms with van der Waals surface area (Å²) in [6, 6.07) is 6.83. The highest BCUT2D eigenvalue weighted by atomic mass is 35.5. The van der Waals surface area contributed by atoms with Crippen LogP contribution in [0.5, 0.6) is 0 Å². The zero-order chi connectivity index (χ0) is 15.1. The number of hydrogen-bond acceptors (Lipinski definition) is 2. The first-order valence-electron chi connectivity index (χ1n) is 8.03. The molecule has 3 heteroatoms. The first-order chi connectivity index (χ1) is 9.96. The predicted octanol–water partition coefficient (Wildman–Crippen LogP) is 5.23. The van der Waals surface area contributed by atoms with Crippen LogP contribution in [0.25, 0.3) is 0 Å². The summed E-state index contributed by atoms with van der Waals surface area (Å²) >= 11 is 8.29. The zero-order valence-corrected chi connectivity index (χ0v) is 14.9. The first kappa shape index (κ1) is 15.7. The van der Waals surface area contributed by atoms with E-state index in [4.69, 9.17) is 11.6 Å². The van der Waals surface area contributed by atoms with Gasteiger partial charge in [0, 0.05) is 22.4 Å². The van der Waals surface area contributed by atoms with Crippen LogP contribution in [0, 0.1) is 5.41 Å². The Morgan fingerprint density at radius 3 is 2.67 bits per heavy atom. The molecule has 2 aliphatic rings. The van der Waals surface area contributed by atoms with Crippen molar-refractivity contribution in [3.05, 3.63) is 34.3 Å². The fraction of sp³-hybridized carbons (Fsp3) is 0.667. The third kappa shape index (κ3) is 3.00. The summed E-state index contributed by atoms with van der Waals surface area (Å²) < 4.78 is 0.456. The number of nitrogens with one attached hydrogen (secondary N) is 1. The van der Waals surface area contributed by atoms with Gasteiger partial charge in [0.05, 0.1) is 0 Å². The van der Waals surface area contributed by atoms with Crippen LogP contribution in [0.1, 0.15) is 56.7 Å². The van der Waals surface area contributed by atoms with Crippen LogP contribution in [-0.4, -0.2) is 17.5 Å². The van der Waals surface area contributed by atoms with Gasteiger partial charge in [-0.25, -0.2) is 0 Å². The van der Waals surface area contributed by atoms with Crippen LogP contribution in [0.2, 0.25) is 5.02 Å². The van der Waals surface area contributed by atoms with Crippen LogP contribution in [0.4, 0.5) is 0 Å². The van der Waals surface area contributed by atoms with E-state index in [1.807, 2.05) is 6.07 Å². The van der Waals surface area contributed by atoms with E-state index in [9.17, 15) is 0 Å². The molecule has 1 unspecified atom stereocenters. The molecule has 1 fully saturated rings. The van der Waals surface area contributed by atoms with Crippen molar-refractivity contribution >= 4 is 23.4 Å². The largest absolute Gasteiger partial charge is 0.308 e. The molecule has 0 bridgehead atoms. The minimum absolute atomic E-state index is 0.269. The molecule has 1 aromatic rings. The van der Waals surface area contributed by atoms with E-state index in [1.165, 1.54) is 36.8 Å². The minimum Gasteiger partial charge on any atom is -0.308 e.